The van der Waals surface area contributed by atoms with Crippen LogP contribution in [0.3, 0.4) is 0 Å². The van der Waals surface area contributed by atoms with Gasteiger partial charge in [0.1, 0.15) is 11.9 Å². The molecule has 1 atom stereocenters. The molecule has 0 aliphatic rings. The van der Waals surface area contributed by atoms with E-state index in [9.17, 15) is 5.11 Å². The van der Waals surface area contributed by atoms with Crippen LogP contribution in [0.25, 0.3) is 0 Å². The van der Waals surface area contributed by atoms with E-state index in [2.05, 4.69) is 15.9 Å². The Balaban J connectivity index is 2.40. The Morgan fingerprint density at radius 3 is 2.81 bits per heavy atom. The fourth-order valence-electron chi connectivity index (χ4n) is 1.52. The number of furan rings is 1. The second-order valence-electron chi connectivity index (χ2n) is 3.35. The number of benzene rings is 1. The van der Waals surface area contributed by atoms with Gasteiger partial charge in [-0.25, -0.2) is 0 Å². The van der Waals surface area contributed by atoms with Crippen molar-refractivity contribution >= 4 is 15.9 Å². The molecule has 0 saturated carbocycles. The van der Waals surface area contributed by atoms with Crippen LogP contribution in [0, 0.1) is 0 Å². The number of ether oxygens (including phenoxy) is 1. The number of hydrogen-bond donors (Lipinski definition) is 1. The molecule has 0 fully saturated rings. The minimum atomic E-state index is -0.734. The fourth-order valence-corrected chi connectivity index (χ4v) is 1.86. The van der Waals surface area contributed by atoms with Crippen LogP contribution >= 0.6 is 15.9 Å². The summed E-state index contributed by atoms with van der Waals surface area (Å²) < 4.78 is 11.1. The topological polar surface area (TPSA) is 42.6 Å². The molecule has 1 aromatic heterocycles. The average molecular weight is 283 g/mol. The van der Waals surface area contributed by atoms with E-state index >= 15 is 0 Å². The molecule has 0 amide bonds. The van der Waals surface area contributed by atoms with Gasteiger partial charge in [-0.05, 0) is 18.2 Å². The van der Waals surface area contributed by atoms with E-state index in [-0.39, 0.29) is 0 Å². The summed E-state index contributed by atoms with van der Waals surface area (Å²) in [7, 11) is 1.58. The third-order valence-electron chi connectivity index (χ3n) is 2.35. The molecule has 0 spiro atoms. The van der Waals surface area contributed by atoms with Crippen LogP contribution in [-0.4, -0.2) is 12.2 Å². The SMILES string of the molecule is COc1cc(Br)ccc1C(O)c1ccoc1. The van der Waals surface area contributed by atoms with Crippen molar-refractivity contribution in [2.45, 2.75) is 6.10 Å². The summed E-state index contributed by atoms with van der Waals surface area (Å²) in [5.74, 6) is 0.642. The highest BCUT2D eigenvalue weighted by atomic mass is 79.9. The lowest BCUT2D eigenvalue weighted by Crippen LogP contribution is -2.01. The van der Waals surface area contributed by atoms with Crippen LogP contribution in [0.5, 0.6) is 5.75 Å². The van der Waals surface area contributed by atoms with Crippen LogP contribution in [0.15, 0.2) is 45.7 Å². The van der Waals surface area contributed by atoms with Gasteiger partial charge in [-0.15, -0.1) is 0 Å². The highest BCUT2D eigenvalue weighted by Crippen LogP contribution is 2.32. The number of rotatable bonds is 3. The minimum absolute atomic E-state index is 0.642. The fraction of sp³-hybridized carbons (Fsp3) is 0.167. The monoisotopic (exact) mass is 282 g/mol. The Morgan fingerprint density at radius 2 is 2.19 bits per heavy atom. The van der Waals surface area contributed by atoms with Crippen LogP contribution in [-0.2, 0) is 0 Å². The molecule has 1 unspecified atom stereocenters. The summed E-state index contributed by atoms with van der Waals surface area (Å²) in [6.07, 6.45) is 2.32. The van der Waals surface area contributed by atoms with Gasteiger partial charge in [0.25, 0.3) is 0 Å². The highest BCUT2D eigenvalue weighted by molar-refractivity contribution is 9.10. The van der Waals surface area contributed by atoms with Gasteiger partial charge >= 0.3 is 0 Å². The summed E-state index contributed by atoms with van der Waals surface area (Å²) in [4.78, 5) is 0. The number of methoxy groups -OCH3 is 1. The second-order valence-corrected chi connectivity index (χ2v) is 4.26. The zero-order valence-electron chi connectivity index (χ0n) is 8.68. The van der Waals surface area contributed by atoms with E-state index in [0.29, 0.717) is 16.9 Å². The number of aliphatic hydroxyl groups excluding tert-OH is 1. The maximum absolute atomic E-state index is 10.1. The van der Waals surface area contributed by atoms with E-state index in [1.165, 1.54) is 12.5 Å². The highest BCUT2D eigenvalue weighted by Gasteiger charge is 2.16. The van der Waals surface area contributed by atoms with E-state index in [4.69, 9.17) is 9.15 Å². The first kappa shape index (κ1) is 11.2. The third-order valence-corrected chi connectivity index (χ3v) is 2.84. The van der Waals surface area contributed by atoms with Gasteiger partial charge in [0.05, 0.1) is 19.6 Å². The molecule has 1 N–H and O–H groups in total. The van der Waals surface area contributed by atoms with Crippen molar-refractivity contribution in [3.05, 3.63) is 52.4 Å². The molecular formula is C12H11BrO3. The van der Waals surface area contributed by atoms with Gasteiger partial charge in [-0.2, -0.15) is 0 Å². The van der Waals surface area contributed by atoms with Gasteiger partial charge in [-0.3, -0.25) is 0 Å². The average Bonchev–Trinajstić information content (AvgIpc) is 2.81. The quantitative estimate of drug-likeness (QED) is 0.941. The molecule has 0 aliphatic heterocycles. The molecule has 0 bridgehead atoms. The molecule has 2 aromatic rings. The molecule has 0 saturated heterocycles. The van der Waals surface area contributed by atoms with Gasteiger partial charge in [-0.1, -0.05) is 22.0 Å². The van der Waals surface area contributed by atoms with Gasteiger partial charge in [0, 0.05) is 15.6 Å². The van der Waals surface area contributed by atoms with Crippen molar-refractivity contribution in [1.82, 2.24) is 0 Å². The molecule has 2 rings (SSSR count). The summed E-state index contributed by atoms with van der Waals surface area (Å²) in [5.41, 5.74) is 1.42. The van der Waals surface area contributed by atoms with Gasteiger partial charge in [0.15, 0.2) is 0 Å². The Bertz CT molecular complexity index is 465. The minimum Gasteiger partial charge on any atom is -0.496 e. The van der Waals surface area contributed by atoms with Gasteiger partial charge < -0.3 is 14.3 Å². The van der Waals surface area contributed by atoms with E-state index < -0.39 is 6.10 Å². The van der Waals surface area contributed by atoms with Crippen molar-refractivity contribution in [3.8, 4) is 5.75 Å². The molecule has 3 nitrogen and oxygen atoms in total. The molecule has 1 heterocycles. The van der Waals surface area contributed by atoms with Crippen molar-refractivity contribution < 1.29 is 14.3 Å². The lowest BCUT2D eigenvalue weighted by Gasteiger charge is -2.13. The standard InChI is InChI=1S/C12H11BrO3/c1-15-11-6-9(13)2-3-10(11)12(14)8-4-5-16-7-8/h2-7,12,14H,1H3. The number of halogens is 1. The lowest BCUT2D eigenvalue weighted by molar-refractivity contribution is 0.213. The molecule has 0 aliphatic carbocycles. The van der Waals surface area contributed by atoms with Crippen LogP contribution < -0.4 is 4.74 Å². The van der Waals surface area contributed by atoms with Crippen molar-refractivity contribution in [2.24, 2.45) is 0 Å². The Morgan fingerprint density at radius 1 is 1.38 bits per heavy atom. The van der Waals surface area contributed by atoms with E-state index in [0.717, 1.165) is 4.47 Å². The van der Waals surface area contributed by atoms with Crippen LogP contribution in [0.2, 0.25) is 0 Å². The molecule has 4 heteroatoms. The summed E-state index contributed by atoms with van der Waals surface area (Å²) in [5, 5.41) is 10.1. The predicted molar refractivity (Wildman–Crippen MR) is 63.5 cm³/mol. The molecule has 16 heavy (non-hydrogen) atoms. The maximum Gasteiger partial charge on any atom is 0.126 e. The number of aliphatic hydroxyl groups is 1. The zero-order chi connectivity index (χ0) is 11.5. The molecular weight excluding hydrogens is 272 g/mol. The lowest BCUT2D eigenvalue weighted by atomic mass is 10.0. The molecule has 0 radical (unpaired) electrons. The van der Waals surface area contributed by atoms with Crippen molar-refractivity contribution in [3.63, 3.8) is 0 Å². The Labute approximate surface area is 102 Å². The number of hydrogen-bond acceptors (Lipinski definition) is 3. The van der Waals surface area contributed by atoms with Crippen LogP contribution in [0.4, 0.5) is 0 Å². The third kappa shape index (κ3) is 2.13. The van der Waals surface area contributed by atoms with E-state index in [1.54, 1.807) is 13.2 Å². The first-order chi connectivity index (χ1) is 7.72. The molecule has 1 aromatic carbocycles. The largest absolute Gasteiger partial charge is 0.496 e. The normalized spacial score (nSPS) is 12.4. The van der Waals surface area contributed by atoms with Crippen LogP contribution in [0.1, 0.15) is 17.2 Å². The summed E-state index contributed by atoms with van der Waals surface area (Å²) in [6.45, 7) is 0. The first-order valence-electron chi connectivity index (χ1n) is 4.76. The maximum atomic E-state index is 10.1. The summed E-state index contributed by atoms with van der Waals surface area (Å²) >= 11 is 3.35. The Hall–Kier alpha value is -1.26. The Kier molecular flexibility index (Phi) is 3.31. The van der Waals surface area contributed by atoms with E-state index in [1.807, 2.05) is 18.2 Å². The van der Waals surface area contributed by atoms with Crippen molar-refractivity contribution in [1.29, 1.82) is 0 Å². The molecule has 84 valence electrons. The zero-order valence-corrected chi connectivity index (χ0v) is 10.3. The smallest absolute Gasteiger partial charge is 0.126 e. The first-order valence-corrected chi connectivity index (χ1v) is 5.55. The predicted octanol–water partition coefficient (Wildman–Crippen LogP) is 3.13. The summed E-state index contributed by atoms with van der Waals surface area (Å²) in [6, 6.07) is 7.23. The van der Waals surface area contributed by atoms with Crippen molar-refractivity contribution in [2.75, 3.05) is 7.11 Å². The van der Waals surface area contributed by atoms with Gasteiger partial charge in [0.2, 0.25) is 0 Å². The second kappa shape index (κ2) is 4.72.